The summed E-state index contributed by atoms with van der Waals surface area (Å²) in [6, 6.07) is 11.3. The van der Waals surface area contributed by atoms with Gasteiger partial charge < -0.3 is 5.32 Å². The number of hydrogen-bond acceptors (Lipinski definition) is 1. The highest BCUT2D eigenvalue weighted by molar-refractivity contribution is 9.10. The average molecular weight is 365 g/mol. The van der Waals surface area contributed by atoms with E-state index in [0.717, 1.165) is 16.1 Å². The zero-order chi connectivity index (χ0) is 14.8. The summed E-state index contributed by atoms with van der Waals surface area (Å²) in [4.78, 5) is 0. The number of hydrogen-bond donors (Lipinski definition) is 1. The van der Waals surface area contributed by atoms with Gasteiger partial charge in [-0.25, -0.2) is 0 Å². The van der Waals surface area contributed by atoms with Crippen molar-refractivity contribution in [2.75, 3.05) is 5.32 Å². The molecule has 20 heavy (non-hydrogen) atoms. The molecule has 1 nitrogen and oxygen atoms in total. The Bertz CT molecular complexity index is 614. The minimum Gasteiger partial charge on any atom is -0.381 e. The van der Waals surface area contributed by atoms with Gasteiger partial charge in [-0.2, -0.15) is 13.2 Å². The first-order chi connectivity index (χ1) is 9.36. The summed E-state index contributed by atoms with van der Waals surface area (Å²) in [6.07, 6.45) is -4.45. The van der Waals surface area contributed by atoms with Crippen molar-refractivity contribution in [1.82, 2.24) is 0 Å². The summed E-state index contributed by atoms with van der Waals surface area (Å²) in [7, 11) is 0. The van der Waals surface area contributed by atoms with Gasteiger partial charge in [0.05, 0.1) is 10.6 Å². The monoisotopic (exact) mass is 363 g/mol. The molecule has 0 aliphatic rings. The second-order valence-electron chi connectivity index (χ2n) is 4.18. The highest BCUT2D eigenvalue weighted by Crippen LogP contribution is 2.36. The molecule has 2 aromatic rings. The van der Waals surface area contributed by atoms with E-state index in [4.69, 9.17) is 11.6 Å². The van der Waals surface area contributed by atoms with E-state index in [1.54, 1.807) is 0 Å². The van der Waals surface area contributed by atoms with Crippen LogP contribution >= 0.6 is 27.5 Å². The van der Waals surface area contributed by atoms with E-state index in [1.807, 2.05) is 24.3 Å². The Morgan fingerprint density at radius 3 is 2.50 bits per heavy atom. The van der Waals surface area contributed by atoms with Crippen LogP contribution in [0.2, 0.25) is 5.02 Å². The van der Waals surface area contributed by atoms with Gasteiger partial charge in [-0.1, -0.05) is 39.7 Å². The third kappa shape index (κ3) is 3.90. The maximum Gasteiger partial charge on any atom is 0.417 e. The van der Waals surface area contributed by atoms with Crippen molar-refractivity contribution < 1.29 is 13.2 Å². The molecule has 6 heteroatoms. The van der Waals surface area contributed by atoms with E-state index in [2.05, 4.69) is 21.2 Å². The fraction of sp³-hybridized carbons (Fsp3) is 0.143. The minimum atomic E-state index is -4.45. The van der Waals surface area contributed by atoms with Gasteiger partial charge in [-0.3, -0.25) is 0 Å². The molecule has 0 spiro atoms. The van der Waals surface area contributed by atoms with Gasteiger partial charge in [0.1, 0.15) is 0 Å². The highest BCUT2D eigenvalue weighted by Gasteiger charge is 2.33. The summed E-state index contributed by atoms with van der Waals surface area (Å²) in [5.41, 5.74) is 0.503. The largest absolute Gasteiger partial charge is 0.417 e. The van der Waals surface area contributed by atoms with Crippen LogP contribution in [0.5, 0.6) is 0 Å². The van der Waals surface area contributed by atoms with Gasteiger partial charge >= 0.3 is 6.18 Å². The number of alkyl halides is 3. The van der Waals surface area contributed by atoms with E-state index in [9.17, 15) is 13.2 Å². The number of rotatable bonds is 3. The zero-order valence-corrected chi connectivity index (χ0v) is 12.5. The molecule has 0 radical (unpaired) electrons. The van der Waals surface area contributed by atoms with Gasteiger partial charge in [0.15, 0.2) is 0 Å². The lowest BCUT2D eigenvalue weighted by Crippen LogP contribution is -2.07. The summed E-state index contributed by atoms with van der Waals surface area (Å²) in [5.74, 6) is 0. The first kappa shape index (κ1) is 15.2. The highest BCUT2D eigenvalue weighted by atomic mass is 79.9. The van der Waals surface area contributed by atoms with Crippen LogP contribution in [0.4, 0.5) is 18.9 Å². The van der Waals surface area contributed by atoms with Crippen molar-refractivity contribution in [3.8, 4) is 0 Å². The molecule has 0 saturated carbocycles. The van der Waals surface area contributed by atoms with E-state index >= 15 is 0 Å². The van der Waals surface area contributed by atoms with Crippen LogP contribution in [-0.2, 0) is 12.7 Å². The van der Waals surface area contributed by atoms with E-state index in [1.165, 1.54) is 12.1 Å². The second kappa shape index (κ2) is 6.06. The number of nitrogens with one attached hydrogen (secondary N) is 1. The van der Waals surface area contributed by atoms with Crippen molar-refractivity contribution in [1.29, 1.82) is 0 Å². The Hall–Kier alpha value is -1.20. The minimum absolute atomic E-state index is 0.300. The molecule has 2 aromatic carbocycles. The third-order valence-electron chi connectivity index (χ3n) is 2.66. The first-order valence-electron chi connectivity index (χ1n) is 5.71. The Balaban J connectivity index is 2.14. The second-order valence-corrected chi connectivity index (χ2v) is 5.50. The lowest BCUT2D eigenvalue weighted by molar-refractivity contribution is -0.137. The molecule has 0 fully saturated rings. The fourth-order valence-electron chi connectivity index (χ4n) is 1.70. The molecule has 2 rings (SSSR count). The molecule has 0 aromatic heterocycles. The van der Waals surface area contributed by atoms with E-state index < -0.39 is 11.7 Å². The maximum absolute atomic E-state index is 12.7. The molecule has 106 valence electrons. The van der Waals surface area contributed by atoms with Crippen LogP contribution in [0.15, 0.2) is 46.9 Å². The van der Waals surface area contributed by atoms with Gasteiger partial charge in [0.25, 0.3) is 0 Å². The van der Waals surface area contributed by atoms with Crippen LogP contribution in [0.3, 0.4) is 0 Å². The predicted molar refractivity (Wildman–Crippen MR) is 77.9 cm³/mol. The zero-order valence-electron chi connectivity index (χ0n) is 10.1. The smallest absolute Gasteiger partial charge is 0.381 e. The standard InChI is InChI=1S/C14H10BrClF3N/c15-10-3-1-2-9(6-10)8-20-11-4-5-13(16)12(7-11)14(17,18)19/h1-7,20H,8H2. The molecule has 0 heterocycles. The van der Waals surface area contributed by atoms with E-state index in [0.29, 0.717) is 12.2 Å². The van der Waals surface area contributed by atoms with Gasteiger partial charge in [0, 0.05) is 16.7 Å². The molecule has 0 aliphatic heterocycles. The normalized spacial score (nSPS) is 11.4. The van der Waals surface area contributed by atoms with Crippen molar-refractivity contribution in [2.24, 2.45) is 0 Å². The molecule has 0 saturated heterocycles. The Morgan fingerprint density at radius 1 is 1.10 bits per heavy atom. The molecular weight excluding hydrogens is 355 g/mol. The summed E-state index contributed by atoms with van der Waals surface area (Å²) >= 11 is 8.91. The lowest BCUT2D eigenvalue weighted by Gasteiger charge is -2.12. The van der Waals surface area contributed by atoms with Crippen molar-refractivity contribution in [3.63, 3.8) is 0 Å². The van der Waals surface area contributed by atoms with Crippen LogP contribution < -0.4 is 5.32 Å². The maximum atomic E-state index is 12.7. The van der Waals surface area contributed by atoms with Crippen LogP contribution in [0.1, 0.15) is 11.1 Å². The van der Waals surface area contributed by atoms with Crippen molar-refractivity contribution >= 4 is 33.2 Å². The number of benzene rings is 2. The Kier molecular flexibility index (Phi) is 4.60. The SMILES string of the molecule is FC(F)(F)c1cc(NCc2cccc(Br)c2)ccc1Cl. The predicted octanol–water partition coefficient (Wildman–Crippen LogP) is 5.73. The average Bonchev–Trinajstić information content (AvgIpc) is 2.36. The molecule has 0 atom stereocenters. The van der Waals surface area contributed by atoms with Gasteiger partial charge in [0.2, 0.25) is 0 Å². The topological polar surface area (TPSA) is 12.0 Å². The Morgan fingerprint density at radius 2 is 1.85 bits per heavy atom. The molecule has 0 aliphatic carbocycles. The number of halogens is 5. The van der Waals surface area contributed by atoms with Gasteiger partial charge in [-0.05, 0) is 35.9 Å². The molecule has 0 bridgehead atoms. The molecular formula is C14H10BrClF3N. The Labute approximate surface area is 127 Å². The quantitative estimate of drug-likeness (QED) is 0.733. The van der Waals surface area contributed by atoms with Crippen LogP contribution in [-0.4, -0.2) is 0 Å². The van der Waals surface area contributed by atoms with Crippen molar-refractivity contribution in [2.45, 2.75) is 12.7 Å². The summed E-state index contributed by atoms with van der Waals surface area (Å²) in [5, 5.41) is 2.65. The fourth-order valence-corrected chi connectivity index (χ4v) is 2.37. The number of anilines is 1. The first-order valence-corrected chi connectivity index (χ1v) is 6.88. The van der Waals surface area contributed by atoms with Crippen LogP contribution in [0, 0.1) is 0 Å². The van der Waals surface area contributed by atoms with Crippen LogP contribution in [0.25, 0.3) is 0 Å². The van der Waals surface area contributed by atoms with E-state index in [-0.39, 0.29) is 5.02 Å². The lowest BCUT2D eigenvalue weighted by atomic mass is 10.1. The third-order valence-corrected chi connectivity index (χ3v) is 3.48. The molecule has 1 N–H and O–H groups in total. The summed E-state index contributed by atoms with van der Waals surface area (Å²) in [6.45, 7) is 0.429. The van der Waals surface area contributed by atoms with Gasteiger partial charge in [-0.15, -0.1) is 0 Å². The summed E-state index contributed by atoms with van der Waals surface area (Å²) < 4.78 is 39.1. The van der Waals surface area contributed by atoms with Crippen molar-refractivity contribution in [3.05, 3.63) is 63.1 Å². The molecule has 0 amide bonds. The molecule has 0 unspecified atom stereocenters.